The largest absolute Gasteiger partial charge is 0.481 e. The number of aliphatic carboxylic acids is 2. The number of carboxylic acid groups (broad SMARTS) is 2. The van der Waals surface area contributed by atoms with Crippen molar-refractivity contribution >= 4 is 11.9 Å². The van der Waals surface area contributed by atoms with Crippen LogP contribution in [0.1, 0.15) is 33.1 Å². The van der Waals surface area contributed by atoms with Crippen LogP contribution >= 0.6 is 0 Å². The normalized spacial score (nSPS) is 19.2. The van der Waals surface area contributed by atoms with Crippen LogP contribution < -0.4 is 0 Å². The number of rotatable bonds is 6. The fourth-order valence-electron chi connectivity index (χ4n) is 2.46. The van der Waals surface area contributed by atoms with E-state index in [0.29, 0.717) is 0 Å². The van der Waals surface area contributed by atoms with Crippen molar-refractivity contribution in [1.29, 1.82) is 0 Å². The average Bonchev–Trinajstić information content (AvgIpc) is 2.68. The van der Waals surface area contributed by atoms with Gasteiger partial charge >= 0.3 is 11.9 Å². The molecule has 0 atom stereocenters. The van der Waals surface area contributed by atoms with E-state index < -0.39 is 29.6 Å². The molecule has 1 aliphatic heterocycles. The summed E-state index contributed by atoms with van der Waals surface area (Å²) in [7, 11) is 0. The molecule has 2 N–H and O–H groups in total. The van der Waals surface area contributed by atoms with E-state index in [1.165, 1.54) is 0 Å². The summed E-state index contributed by atoms with van der Waals surface area (Å²) in [5, 5.41) is 18.3. The lowest BCUT2D eigenvalue weighted by molar-refractivity contribution is -0.248. The molecule has 1 heterocycles. The zero-order chi connectivity index (χ0) is 13.1. The summed E-state index contributed by atoms with van der Waals surface area (Å²) >= 11 is 0. The first kappa shape index (κ1) is 13.9. The highest BCUT2D eigenvalue weighted by molar-refractivity contribution is 5.78. The second-order valence-corrected chi connectivity index (χ2v) is 4.11. The number of carboxylic acids is 2. The van der Waals surface area contributed by atoms with Gasteiger partial charge in [-0.25, -0.2) is 0 Å². The van der Waals surface area contributed by atoms with Crippen molar-refractivity contribution in [2.45, 2.75) is 38.9 Å². The Morgan fingerprint density at radius 1 is 1.18 bits per heavy atom. The third-order valence-corrected chi connectivity index (χ3v) is 3.48. The van der Waals surface area contributed by atoms with Crippen molar-refractivity contribution in [3.63, 3.8) is 0 Å². The van der Waals surface area contributed by atoms with E-state index in [1.807, 2.05) is 0 Å². The highest BCUT2D eigenvalue weighted by Gasteiger charge is 2.59. The van der Waals surface area contributed by atoms with E-state index in [9.17, 15) is 14.7 Å². The van der Waals surface area contributed by atoms with Crippen molar-refractivity contribution in [3.05, 3.63) is 0 Å². The molecule has 0 saturated carbocycles. The first-order valence-corrected chi connectivity index (χ1v) is 5.67. The summed E-state index contributed by atoms with van der Waals surface area (Å²) in [6, 6.07) is 0. The van der Waals surface area contributed by atoms with Crippen molar-refractivity contribution in [2.75, 3.05) is 13.2 Å². The lowest BCUT2D eigenvalue weighted by Crippen LogP contribution is -2.54. The third kappa shape index (κ3) is 2.14. The lowest BCUT2D eigenvalue weighted by atomic mass is 9.73. The van der Waals surface area contributed by atoms with Gasteiger partial charge in [0.25, 0.3) is 0 Å². The molecule has 0 aromatic rings. The summed E-state index contributed by atoms with van der Waals surface area (Å²) in [6.07, 6.45) is 0.0548. The van der Waals surface area contributed by atoms with E-state index in [-0.39, 0.29) is 26.1 Å². The Bertz CT molecular complexity index is 301. The summed E-state index contributed by atoms with van der Waals surface area (Å²) in [5.41, 5.74) is -1.32. The van der Waals surface area contributed by atoms with Crippen molar-refractivity contribution in [3.8, 4) is 0 Å². The second-order valence-electron chi connectivity index (χ2n) is 4.11. The van der Waals surface area contributed by atoms with Crippen molar-refractivity contribution in [2.24, 2.45) is 5.41 Å². The molecule has 0 amide bonds. The number of ether oxygens (including phenoxy) is 2. The van der Waals surface area contributed by atoms with E-state index in [4.69, 9.17) is 14.6 Å². The van der Waals surface area contributed by atoms with Gasteiger partial charge in [0.15, 0.2) is 5.79 Å². The van der Waals surface area contributed by atoms with Gasteiger partial charge in [-0.05, 0) is 12.8 Å². The highest BCUT2D eigenvalue weighted by Crippen LogP contribution is 2.46. The van der Waals surface area contributed by atoms with Gasteiger partial charge in [-0.2, -0.15) is 0 Å². The summed E-state index contributed by atoms with van der Waals surface area (Å²) in [6.45, 7) is 3.85. The van der Waals surface area contributed by atoms with E-state index in [1.54, 1.807) is 13.8 Å². The Morgan fingerprint density at radius 3 is 1.94 bits per heavy atom. The Balaban J connectivity index is 3.18. The van der Waals surface area contributed by atoms with Crippen LogP contribution in [0.25, 0.3) is 0 Å². The highest BCUT2D eigenvalue weighted by atomic mass is 16.7. The molecule has 0 aromatic carbocycles. The third-order valence-electron chi connectivity index (χ3n) is 3.48. The van der Waals surface area contributed by atoms with Gasteiger partial charge in [0.2, 0.25) is 0 Å². The van der Waals surface area contributed by atoms with Crippen LogP contribution in [0.5, 0.6) is 0 Å². The number of hydrogen-bond donors (Lipinski definition) is 2. The molecule has 1 rings (SSSR count). The molecule has 0 aromatic heterocycles. The van der Waals surface area contributed by atoms with Crippen LogP contribution in [0.4, 0.5) is 0 Å². The van der Waals surface area contributed by atoms with Crippen molar-refractivity contribution in [1.82, 2.24) is 0 Å². The van der Waals surface area contributed by atoms with Gasteiger partial charge in [-0.15, -0.1) is 0 Å². The number of carbonyl (C=O) groups is 2. The maximum absolute atomic E-state index is 11.5. The predicted octanol–water partition coefficient (Wildman–Crippen LogP) is 1.10. The minimum Gasteiger partial charge on any atom is -0.481 e. The maximum Gasteiger partial charge on any atom is 0.315 e. The molecule has 0 aliphatic carbocycles. The van der Waals surface area contributed by atoms with Crippen LogP contribution in [0, 0.1) is 5.41 Å². The topological polar surface area (TPSA) is 93.1 Å². The zero-order valence-electron chi connectivity index (χ0n) is 10.1. The van der Waals surface area contributed by atoms with Crippen LogP contribution in [-0.4, -0.2) is 41.2 Å². The van der Waals surface area contributed by atoms with Gasteiger partial charge in [0.1, 0.15) is 11.8 Å². The molecule has 0 unspecified atom stereocenters. The molecule has 0 radical (unpaired) electrons. The number of hydrogen-bond acceptors (Lipinski definition) is 4. The first-order valence-electron chi connectivity index (χ1n) is 5.67. The van der Waals surface area contributed by atoms with Crippen LogP contribution in [-0.2, 0) is 19.1 Å². The average molecular weight is 246 g/mol. The second kappa shape index (κ2) is 5.01. The van der Waals surface area contributed by atoms with Crippen LogP contribution in [0.15, 0.2) is 0 Å². The van der Waals surface area contributed by atoms with Crippen LogP contribution in [0.3, 0.4) is 0 Å². The van der Waals surface area contributed by atoms with Crippen molar-refractivity contribution < 1.29 is 29.3 Å². The lowest BCUT2D eigenvalue weighted by Gasteiger charge is -2.41. The molecule has 6 nitrogen and oxygen atoms in total. The van der Waals surface area contributed by atoms with E-state index >= 15 is 0 Å². The molecule has 98 valence electrons. The molecule has 0 spiro atoms. The maximum atomic E-state index is 11.5. The Kier molecular flexibility index (Phi) is 4.11. The quantitative estimate of drug-likeness (QED) is 0.728. The fraction of sp³-hybridized carbons (Fsp3) is 0.818. The van der Waals surface area contributed by atoms with E-state index in [2.05, 4.69) is 0 Å². The molecule has 1 saturated heterocycles. The fourth-order valence-corrected chi connectivity index (χ4v) is 2.46. The Hall–Kier alpha value is -1.14. The zero-order valence-corrected chi connectivity index (χ0v) is 10.1. The first-order chi connectivity index (χ1) is 7.94. The van der Waals surface area contributed by atoms with Gasteiger partial charge in [0, 0.05) is 0 Å². The minimum absolute atomic E-state index is 0.225. The molecule has 17 heavy (non-hydrogen) atoms. The predicted molar refractivity (Wildman–Crippen MR) is 57.5 cm³/mol. The van der Waals surface area contributed by atoms with E-state index in [0.717, 1.165) is 0 Å². The summed E-state index contributed by atoms with van der Waals surface area (Å²) < 4.78 is 10.8. The SMILES string of the molecule is CCC(CC)(C(=O)O)C1(CC(=O)O)OCCO1. The molecular weight excluding hydrogens is 228 g/mol. The molecule has 6 heteroatoms. The monoisotopic (exact) mass is 246 g/mol. The summed E-state index contributed by atoms with van der Waals surface area (Å²) in [5.74, 6) is -3.75. The molecule has 1 fully saturated rings. The van der Waals surface area contributed by atoms with Gasteiger partial charge in [0.05, 0.1) is 13.2 Å². The Morgan fingerprint density at radius 2 is 1.65 bits per heavy atom. The summed E-state index contributed by atoms with van der Waals surface area (Å²) in [4.78, 5) is 22.4. The van der Waals surface area contributed by atoms with Gasteiger partial charge < -0.3 is 19.7 Å². The molecular formula is C11H18O6. The van der Waals surface area contributed by atoms with Gasteiger partial charge in [-0.1, -0.05) is 13.8 Å². The van der Waals surface area contributed by atoms with Crippen LogP contribution in [0.2, 0.25) is 0 Å². The standard InChI is InChI=1S/C11H18O6/c1-3-10(4-2,9(14)15)11(7-8(12)13)16-5-6-17-11/h3-7H2,1-2H3,(H,12,13)(H,14,15). The smallest absolute Gasteiger partial charge is 0.315 e. The minimum atomic E-state index is -1.55. The molecule has 1 aliphatic rings. The Labute approximate surface area is 99.5 Å². The molecule has 0 bridgehead atoms. The van der Waals surface area contributed by atoms with Gasteiger partial charge in [-0.3, -0.25) is 9.59 Å².